The van der Waals surface area contributed by atoms with Gasteiger partial charge in [-0.2, -0.15) is 0 Å². The maximum Gasteiger partial charge on any atom is 0.287 e. The van der Waals surface area contributed by atoms with Gasteiger partial charge in [0.2, 0.25) is 6.79 Å². The van der Waals surface area contributed by atoms with E-state index in [1.807, 2.05) is 19.9 Å². The fourth-order valence-corrected chi connectivity index (χ4v) is 2.22. The van der Waals surface area contributed by atoms with Crippen LogP contribution in [0.5, 0.6) is 11.5 Å². The Kier molecular flexibility index (Phi) is 4.20. The summed E-state index contributed by atoms with van der Waals surface area (Å²) in [6, 6.07) is 5.26. The van der Waals surface area contributed by atoms with Crippen LogP contribution in [0, 0.1) is 0 Å². The summed E-state index contributed by atoms with van der Waals surface area (Å²) >= 11 is 0. The van der Waals surface area contributed by atoms with Crippen LogP contribution in [0.3, 0.4) is 0 Å². The largest absolute Gasteiger partial charge is 0.454 e. The van der Waals surface area contributed by atoms with Gasteiger partial charge >= 0.3 is 0 Å². The van der Waals surface area contributed by atoms with Crippen molar-refractivity contribution in [3.63, 3.8) is 0 Å². The van der Waals surface area contributed by atoms with Gasteiger partial charge in [-0.25, -0.2) is 0 Å². The van der Waals surface area contributed by atoms with E-state index in [1.54, 1.807) is 12.1 Å². The predicted molar refractivity (Wildman–Crippen MR) is 80.4 cm³/mol. The molecule has 1 aromatic carbocycles. The summed E-state index contributed by atoms with van der Waals surface area (Å²) in [5, 5.41) is 3.63. The molecule has 0 radical (unpaired) electrons. The number of nitrogens with one attached hydrogen (secondary N) is 1. The number of furan rings is 1. The lowest BCUT2D eigenvalue weighted by Crippen LogP contribution is -2.25. The number of hydrogen-bond acceptors (Lipinski definition) is 5. The molecule has 1 amide bonds. The molecule has 2 heterocycles. The average molecular weight is 305 g/mol. The molecular weight excluding hydrogens is 286 g/mol. The van der Waals surface area contributed by atoms with Crippen LogP contribution in [0.1, 0.15) is 30.8 Å². The molecule has 118 valence electrons. The van der Waals surface area contributed by atoms with Gasteiger partial charge in [0.25, 0.3) is 5.91 Å². The SMILES string of the molecule is CC(C)OCCCNC(=O)c1cc2cc3c(cc2o1)OCO3. The highest BCUT2D eigenvalue weighted by molar-refractivity contribution is 5.96. The molecule has 0 saturated carbocycles. The minimum atomic E-state index is -0.234. The second-order valence-electron chi connectivity index (χ2n) is 5.38. The molecular formula is C16H19NO5. The van der Waals surface area contributed by atoms with E-state index in [0.29, 0.717) is 30.2 Å². The first-order valence-corrected chi connectivity index (χ1v) is 7.36. The molecule has 1 aliphatic rings. The van der Waals surface area contributed by atoms with E-state index >= 15 is 0 Å². The lowest BCUT2D eigenvalue weighted by Gasteiger charge is -2.07. The Hall–Kier alpha value is -2.21. The zero-order valence-electron chi connectivity index (χ0n) is 12.7. The Bertz CT molecular complexity index is 635. The second-order valence-corrected chi connectivity index (χ2v) is 5.38. The molecule has 1 aliphatic heterocycles. The van der Waals surface area contributed by atoms with E-state index in [9.17, 15) is 4.79 Å². The minimum Gasteiger partial charge on any atom is -0.454 e. The van der Waals surface area contributed by atoms with Gasteiger partial charge in [0.05, 0.1) is 6.10 Å². The van der Waals surface area contributed by atoms with E-state index < -0.39 is 0 Å². The van der Waals surface area contributed by atoms with E-state index in [2.05, 4.69) is 5.32 Å². The topological polar surface area (TPSA) is 69.9 Å². The summed E-state index contributed by atoms with van der Waals surface area (Å²) in [5.41, 5.74) is 0.609. The van der Waals surface area contributed by atoms with Gasteiger partial charge in [-0.1, -0.05) is 0 Å². The summed E-state index contributed by atoms with van der Waals surface area (Å²) in [4.78, 5) is 12.1. The molecule has 6 nitrogen and oxygen atoms in total. The zero-order chi connectivity index (χ0) is 15.5. The number of benzene rings is 1. The number of hydrogen-bond donors (Lipinski definition) is 1. The maximum absolute atomic E-state index is 12.1. The Morgan fingerprint density at radius 2 is 2.05 bits per heavy atom. The van der Waals surface area contributed by atoms with E-state index in [-0.39, 0.29) is 24.6 Å². The molecule has 6 heteroatoms. The Morgan fingerprint density at radius 1 is 1.27 bits per heavy atom. The van der Waals surface area contributed by atoms with Crippen LogP contribution in [0.25, 0.3) is 11.0 Å². The quantitative estimate of drug-likeness (QED) is 0.831. The van der Waals surface area contributed by atoms with Crippen molar-refractivity contribution in [1.82, 2.24) is 5.32 Å². The molecule has 0 unspecified atom stereocenters. The van der Waals surface area contributed by atoms with Gasteiger partial charge in [-0.15, -0.1) is 0 Å². The molecule has 0 atom stereocenters. The fourth-order valence-electron chi connectivity index (χ4n) is 2.22. The first kappa shape index (κ1) is 14.7. The summed E-state index contributed by atoms with van der Waals surface area (Å²) < 4.78 is 21.6. The van der Waals surface area contributed by atoms with Crippen LogP contribution in [0.2, 0.25) is 0 Å². The van der Waals surface area contributed by atoms with Crippen molar-refractivity contribution in [1.29, 1.82) is 0 Å². The third-order valence-electron chi connectivity index (χ3n) is 3.29. The fraction of sp³-hybridized carbons (Fsp3) is 0.438. The van der Waals surface area contributed by atoms with Gasteiger partial charge in [-0.05, 0) is 32.4 Å². The molecule has 1 aromatic heterocycles. The third kappa shape index (κ3) is 3.17. The summed E-state index contributed by atoms with van der Waals surface area (Å²) in [6.07, 6.45) is 0.970. The molecule has 0 bridgehead atoms. The highest BCUT2D eigenvalue weighted by Gasteiger charge is 2.18. The summed E-state index contributed by atoms with van der Waals surface area (Å²) in [7, 11) is 0. The normalized spacial score (nSPS) is 13.0. The van der Waals surface area contributed by atoms with Crippen LogP contribution in [-0.2, 0) is 4.74 Å². The summed E-state index contributed by atoms with van der Waals surface area (Å²) in [5.74, 6) is 1.36. The summed E-state index contributed by atoms with van der Waals surface area (Å²) in [6.45, 7) is 5.36. The number of ether oxygens (including phenoxy) is 3. The van der Waals surface area contributed by atoms with Gasteiger partial charge in [0, 0.05) is 24.6 Å². The van der Waals surface area contributed by atoms with Crippen molar-refractivity contribution in [2.45, 2.75) is 26.4 Å². The van der Waals surface area contributed by atoms with Gasteiger partial charge in [0.1, 0.15) is 5.58 Å². The smallest absolute Gasteiger partial charge is 0.287 e. The lowest BCUT2D eigenvalue weighted by molar-refractivity contribution is 0.0753. The molecule has 0 saturated heterocycles. The number of fused-ring (bicyclic) bond motifs is 2. The van der Waals surface area contributed by atoms with Crippen molar-refractivity contribution in [2.24, 2.45) is 0 Å². The number of amides is 1. The van der Waals surface area contributed by atoms with Crippen LogP contribution in [0.4, 0.5) is 0 Å². The van der Waals surface area contributed by atoms with Gasteiger partial charge in [-0.3, -0.25) is 4.79 Å². The van der Waals surface area contributed by atoms with Crippen molar-refractivity contribution in [3.8, 4) is 11.5 Å². The predicted octanol–water partition coefficient (Wildman–Crippen LogP) is 2.71. The van der Waals surface area contributed by atoms with Crippen molar-refractivity contribution < 1.29 is 23.4 Å². The Labute approximate surface area is 128 Å². The third-order valence-corrected chi connectivity index (χ3v) is 3.29. The first-order chi connectivity index (χ1) is 10.6. The van der Waals surface area contributed by atoms with E-state index in [1.165, 1.54) is 0 Å². The van der Waals surface area contributed by atoms with Crippen LogP contribution >= 0.6 is 0 Å². The Morgan fingerprint density at radius 3 is 2.82 bits per heavy atom. The minimum absolute atomic E-state index is 0.206. The maximum atomic E-state index is 12.1. The zero-order valence-corrected chi connectivity index (χ0v) is 12.7. The highest BCUT2D eigenvalue weighted by Crippen LogP contribution is 2.37. The number of rotatable bonds is 6. The number of carbonyl (C=O) groups is 1. The molecule has 3 rings (SSSR count). The first-order valence-electron chi connectivity index (χ1n) is 7.36. The van der Waals surface area contributed by atoms with Crippen molar-refractivity contribution in [2.75, 3.05) is 19.9 Å². The lowest BCUT2D eigenvalue weighted by atomic mass is 10.2. The molecule has 0 spiro atoms. The average Bonchev–Trinajstić information content (AvgIpc) is 3.08. The van der Waals surface area contributed by atoms with Gasteiger partial charge < -0.3 is 23.9 Å². The van der Waals surface area contributed by atoms with Gasteiger partial charge in [0.15, 0.2) is 17.3 Å². The van der Waals surface area contributed by atoms with Crippen LogP contribution in [-0.4, -0.2) is 32.0 Å². The molecule has 0 fully saturated rings. The van der Waals surface area contributed by atoms with Crippen molar-refractivity contribution >= 4 is 16.9 Å². The number of carbonyl (C=O) groups excluding carboxylic acids is 1. The van der Waals surface area contributed by atoms with Crippen LogP contribution < -0.4 is 14.8 Å². The monoisotopic (exact) mass is 305 g/mol. The van der Waals surface area contributed by atoms with Crippen LogP contribution in [0.15, 0.2) is 22.6 Å². The Balaban J connectivity index is 1.60. The van der Waals surface area contributed by atoms with Crippen molar-refractivity contribution in [3.05, 3.63) is 24.0 Å². The molecule has 1 N–H and O–H groups in total. The van der Waals surface area contributed by atoms with E-state index in [0.717, 1.165) is 11.8 Å². The molecule has 0 aliphatic carbocycles. The standard InChI is InChI=1S/C16H19NO5/c1-10(2)19-5-3-4-17-16(18)15-7-11-6-13-14(21-9-20-13)8-12(11)22-15/h6-8,10H,3-5,9H2,1-2H3,(H,17,18). The second kappa shape index (κ2) is 6.27. The molecule has 22 heavy (non-hydrogen) atoms. The van der Waals surface area contributed by atoms with E-state index in [4.69, 9.17) is 18.6 Å². The highest BCUT2D eigenvalue weighted by atomic mass is 16.7. The molecule has 2 aromatic rings.